The number of aromatic nitrogens is 1. The molecule has 3 nitrogen and oxygen atoms in total. The second kappa shape index (κ2) is 6.70. The molecular formula is C15H23N3S2. The molecule has 0 aliphatic carbocycles. The first-order chi connectivity index (χ1) is 9.48. The second-order valence-electron chi connectivity index (χ2n) is 5.82. The van der Waals surface area contributed by atoms with Crippen molar-refractivity contribution in [2.45, 2.75) is 46.3 Å². The van der Waals surface area contributed by atoms with Crippen molar-refractivity contribution in [3.8, 4) is 0 Å². The highest BCUT2D eigenvalue weighted by molar-refractivity contribution is 7.13. The topological polar surface area (TPSA) is 28.2 Å². The summed E-state index contributed by atoms with van der Waals surface area (Å²) in [6.45, 7) is 11.5. The summed E-state index contributed by atoms with van der Waals surface area (Å²) in [5.41, 5.74) is 1.26. The number of hydrogen-bond donors (Lipinski definition) is 1. The van der Waals surface area contributed by atoms with Crippen LogP contribution in [0.2, 0.25) is 0 Å². The Labute approximate surface area is 129 Å². The summed E-state index contributed by atoms with van der Waals surface area (Å²) in [5.74, 6) is 0. The molecule has 2 aromatic heterocycles. The summed E-state index contributed by atoms with van der Waals surface area (Å²) in [6, 6.07) is 4.29. The molecule has 2 rings (SSSR count). The molecule has 0 bridgehead atoms. The first-order valence-electron chi connectivity index (χ1n) is 6.94. The lowest BCUT2D eigenvalue weighted by Gasteiger charge is -2.20. The van der Waals surface area contributed by atoms with Gasteiger partial charge in [0.05, 0.1) is 12.2 Å². The lowest BCUT2D eigenvalue weighted by molar-refractivity contribution is 0.422. The van der Waals surface area contributed by atoms with Crippen molar-refractivity contribution in [2.75, 3.05) is 11.4 Å². The fourth-order valence-corrected chi connectivity index (χ4v) is 3.39. The Kier molecular flexibility index (Phi) is 5.18. The Balaban J connectivity index is 1.99. The van der Waals surface area contributed by atoms with Gasteiger partial charge in [-0.05, 0) is 39.1 Å². The van der Waals surface area contributed by atoms with Crippen LogP contribution in [0, 0.1) is 0 Å². The molecule has 0 atom stereocenters. The van der Waals surface area contributed by atoms with E-state index in [-0.39, 0.29) is 5.54 Å². The molecule has 2 aromatic rings. The highest BCUT2D eigenvalue weighted by atomic mass is 32.1. The molecular weight excluding hydrogens is 286 g/mol. The Hall–Kier alpha value is -0.910. The molecule has 0 aromatic carbocycles. The molecule has 0 aliphatic heterocycles. The Morgan fingerprint density at radius 3 is 2.70 bits per heavy atom. The van der Waals surface area contributed by atoms with Crippen LogP contribution < -0.4 is 10.2 Å². The minimum atomic E-state index is 0.130. The Bertz CT molecular complexity index is 511. The number of hydrogen-bond acceptors (Lipinski definition) is 5. The molecule has 0 saturated carbocycles. The normalized spacial score (nSPS) is 11.8. The van der Waals surface area contributed by atoms with Gasteiger partial charge in [-0.15, -0.1) is 22.7 Å². The van der Waals surface area contributed by atoms with Crippen LogP contribution in [0.1, 0.15) is 38.3 Å². The van der Waals surface area contributed by atoms with E-state index < -0.39 is 0 Å². The Morgan fingerprint density at radius 2 is 2.10 bits per heavy atom. The van der Waals surface area contributed by atoms with Gasteiger partial charge in [0.25, 0.3) is 0 Å². The lowest BCUT2D eigenvalue weighted by Crippen LogP contribution is -2.35. The number of thiophene rings is 1. The molecule has 0 saturated heterocycles. The predicted molar refractivity (Wildman–Crippen MR) is 89.7 cm³/mol. The summed E-state index contributed by atoms with van der Waals surface area (Å²) in [5, 5.41) is 8.89. The summed E-state index contributed by atoms with van der Waals surface area (Å²) in [6.07, 6.45) is 0. The van der Waals surface area contributed by atoms with E-state index in [1.807, 2.05) is 0 Å². The maximum Gasteiger partial charge on any atom is 0.185 e. The van der Waals surface area contributed by atoms with E-state index in [0.29, 0.717) is 0 Å². The van der Waals surface area contributed by atoms with Gasteiger partial charge in [0.15, 0.2) is 5.13 Å². The molecule has 0 fully saturated rings. The number of nitrogens with one attached hydrogen (secondary N) is 1. The molecule has 20 heavy (non-hydrogen) atoms. The molecule has 0 radical (unpaired) electrons. The zero-order valence-electron chi connectivity index (χ0n) is 12.6. The van der Waals surface area contributed by atoms with Gasteiger partial charge in [-0.1, -0.05) is 6.07 Å². The van der Waals surface area contributed by atoms with Crippen molar-refractivity contribution in [3.63, 3.8) is 0 Å². The molecule has 2 heterocycles. The van der Waals surface area contributed by atoms with Crippen molar-refractivity contribution in [1.82, 2.24) is 10.3 Å². The zero-order valence-corrected chi connectivity index (χ0v) is 14.3. The molecule has 110 valence electrons. The van der Waals surface area contributed by atoms with Crippen LogP contribution in [0.3, 0.4) is 0 Å². The second-order valence-corrected chi connectivity index (χ2v) is 7.69. The van der Waals surface area contributed by atoms with Crippen LogP contribution in [0.5, 0.6) is 0 Å². The zero-order chi connectivity index (χ0) is 14.6. The van der Waals surface area contributed by atoms with Gasteiger partial charge in [-0.25, -0.2) is 4.98 Å². The van der Waals surface area contributed by atoms with Crippen LogP contribution in [-0.4, -0.2) is 17.1 Å². The van der Waals surface area contributed by atoms with E-state index in [1.165, 1.54) is 4.88 Å². The molecule has 0 spiro atoms. The van der Waals surface area contributed by atoms with Gasteiger partial charge in [0.1, 0.15) is 0 Å². The van der Waals surface area contributed by atoms with Gasteiger partial charge in [0.2, 0.25) is 0 Å². The molecule has 0 aliphatic rings. The fourth-order valence-electron chi connectivity index (χ4n) is 1.78. The third kappa shape index (κ3) is 4.58. The number of anilines is 1. The van der Waals surface area contributed by atoms with Gasteiger partial charge in [-0.3, -0.25) is 0 Å². The molecule has 1 N–H and O–H groups in total. The van der Waals surface area contributed by atoms with E-state index in [2.05, 4.69) is 60.8 Å². The van der Waals surface area contributed by atoms with Crippen LogP contribution in [-0.2, 0) is 13.1 Å². The maximum absolute atomic E-state index is 4.75. The number of rotatable bonds is 6. The van der Waals surface area contributed by atoms with Gasteiger partial charge in [0, 0.05) is 28.9 Å². The molecule has 0 unspecified atom stereocenters. The van der Waals surface area contributed by atoms with Crippen LogP contribution in [0.15, 0.2) is 22.9 Å². The first kappa shape index (κ1) is 15.5. The summed E-state index contributed by atoms with van der Waals surface area (Å²) in [4.78, 5) is 8.47. The smallest absolute Gasteiger partial charge is 0.185 e. The third-order valence-corrected chi connectivity index (χ3v) is 4.73. The molecule has 0 amide bonds. The average molecular weight is 310 g/mol. The van der Waals surface area contributed by atoms with E-state index in [4.69, 9.17) is 4.98 Å². The molecule has 5 heteroatoms. The summed E-state index contributed by atoms with van der Waals surface area (Å²) < 4.78 is 0. The standard InChI is InChI=1S/C15H23N3S2/c1-5-18(10-13-7-6-8-19-13)14-17-12(11-20-14)9-16-15(2,3)4/h6-8,11,16H,5,9-10H2,1-4H3. The minimum Gasteiger partial charge on any atom is -0.343 e. The van der Waals surface area contributed by atoms with Crippen LogP contribution in [0.4, 0.5) is 5.13 Å². The maximum atomic E-state index is 4.75. The van der Waals surface area contributed by atoms with E-state index in [1.54, 1.807) is 22.7 Å². The van der Waals surface area contributed by atoms with Crippen molar-refractivity contribution in [3.05, 3.63) is 33.5 Å². The monoisotopic (exact) mass is 309 g/mol. The van der Waals surface area contributed by atoms with Crippen molar-refractivity contribution < 1.29 is 0 Å². The van der Waals surface area contributed by atoms with Crippen LogP contribution in [0.25, 0.3) is 0 Å². The first-order valence-corrected chi connectivity index (χ1v) is 8.70. The third-order valence-electron chi connectivity index (χ3n) is 2.92. The minimum absolute atomic E-state index is 0.130. The van der Waals surface area contributed by atoms with Crippen molar-refractivity contribution >= 4 is 27.8 Å². The van der Waals surface area contributed by atoms with E-state index in [9.17, 15) is 0 Å². The average Bonchev–Trinajstić information content (AvgIpc) is 3.04. The number of nitrogens with zero attached hydrogens (tertiary/aromatic N) is 2. The lowest BCUT2D eigenvalue weighted by atomic mass is 10.1. The SMILES string of the molecule is CCN(Cc1cccs1)c1nc(CNC(C)(C)C)cs1. The van der Waals surface area contributed by atoms with Gasteiger partial charge >= 0.3 is 0 Å². The van der Waals surface area contributed by atoms with E-state index >= 15 is 0 Å². The summed E-state index contributed by atoms with van der Waals surface area (Å²) >= 11 is 3.54. The van der Waals surface area contributed by atoms with Gasteiger partial charge in [-0.2, -0.15) is 0 Å². The fraction of sp³-hybridized carbons (Fsp3) is 0.533. The van der Waals surface area contributed by atoms with Gasteiger partial charge < -0.3 is 10.2 Å². The Morgan fingerprint density at radius 1 is 1.30 bits per heavy atom. The largest absolute Gasteiger partial charge is 0.343 e. The van der Waals surface area contributed by atoms with E-state index in [0.717, 1.165) is 30.5 Å². The quantitative estimate of drug-likeness (QED) is 0.870. The number of thiazole rings is 1. The van der Waals surface area contributed by atoms with Crippen LogP contribution >= 0.6 is 22.7 Å². The van der Waals surface area contributed by atoms with Crippen molar-refractivity contribution in [1.29, 1.82) is 0 Å². The van der Waals surface area contributed by atoms with Crippen molar-refractivity contribution in [2.24, 2.45) is 0 Å². The summed E-state index contributed by atoms with van der Waals surface area (Å²) in [7, 11) is 0. The predicted octanol–water partition coefficient (Wildman–Crippen LogP) is 4.12. The highest BCUT2D eigenvalue weighted by Gasteiger charge is 2.13. The highest BCUT2D eigenvalue weighted by Crippen LogP contribution is 2.23.